The first kappa shape index (κ1) is 16.3. The van der Waals surface area contributed by atoms with Crippen LogP contribution in [0.2, 0.25) is 0 Å². The van der Waals surface area contributed by atoms with E-state index >= 15 is 0 Å². The van der Waals surface area contributed by atoms with Crippen LogP contribution in [-0.4, -0.2) is 5.91 Å². The maximum Gasteiger partial charge on any atom is 0.267 e. The van der Waals surface area contributed by atoms with Crippen LogP contribution in [0, 0.1) is 18.3 Å². The summed E-state index contributed by atoms with van der Waals surface area (Å²) in [6, 6.07) is 23.2. The maximum atomic E-state index is 12.3. The molecule has 1 amide bonds. The van der Waals surface area contributed by atoms with Crippen LogP contribution in [0.5, 0.6) is 0 Å². The van der Waals surface area contributed by atoms with Gasteiger partial charge in [-0.1, -0.05) is 48.5 Å². The second kappa shape index (κ2) is 7.33. The third kappa shape index (κ3) is 3.85. The highest BCUT2D eigenvalue weighted by Gasteiger charge is 2.09. The maximum absolute atomic E-state index is 12.3. The summed E-state index contributed by atoms with van der Waals surface area (Å²) in [5, 5.41) is 17.2. The Hall–Kier alpha value is -3.58. The molecule has 0 unspecified atom stereocenters. The zero-order valence-electron chi connectivity index (χ0n) is 13.8. The Morgan fingerprint density at radius 1 is 1.04 bits per heavy atom. The van der Waals surface area contributed by atoms with E-state index in [9.17, 15) is 10.1 Å². The number of aryl methyl sites for hydroxylation is 1. The molecule has 0 saturated carbocycles. The van der Waals surface area contributed by atoms with Crippen molar-refractivity contribution in [3.63, 3.8) is 0 Å². The van der Waals surface area contributed by atoms with Crippen LogP contribution in [-0.2, 0) is 4.79 Å². The standard InChI is InChI=1S/C21H17N3O/c1-15-6-4-9-18(12-15)24-21(25)17(13-22)14-23-20-11-5-8-16-7-2-3-10-19(16)20/h2-12,14,23H,1H3,(H,24,25)/b17-14-. The molecule has 3 aromatic carbocycles. The Morgan fingerprint density at radius 2 is 1.80 bits per heavy atom. The lowest BCUT2D eigenvalue weighted by atomic mass is 10.1. The molecule has 0 aliphatic carbocycles. The molecule has 0 aliphatic rings. The van der Waals surface area contributed by atoms with Crippen molar-refractivity contribution in [1.29, 1.82) is 5.26 Å². The second-order valence-corrected chi connectivity index (χ2v) is 5.66. The molecule has 0 radical (unpaired) electrons. The van der Waals surface area contributed by atoms with Crippen molar-refractivity contribution >= 4 is 28.1 Å². The van der Waals surface area contributed by atoms with E-state index in [4.69, 9.17) is 0 Å². The molecule has 0 fully saturated rings. The van der Waals surface area contributed by atoms with Crippen molar-refractivity contribution in [3.8, 4) is 6.07 Å². The average Bonchev–Trinajstić information content (AvgIpc) is 2.62. The summed E-state index contributed by atoms with van der Waals surface area (Å²) in [5.41, 5.74) is 2.55. The molecule has 0 aromatic heterocycles. The summed E-state index contributed by atoms with van der Waals surface area (Å²) in [6.07, 6.45) is 1.44. The van der Waals surface area contributed by atoms with Gasteiger partial charge in [0.1, 0.15) is 11.6 Å². The number of carbonyl (C=O) groups excluding carboxylic acids is 1. The second-order valence-electron chi connectivity index (χ2n) is 5.66. The lowest BCUT2D eigenvalue weighted by Gasteiger charge is -2.08. The molecule has 122 valence electrons. The molecule has 0 bridgehead atoms. The van der Waals surface area contributed by atoms with Crippen molar-refractivity contribution in [3.05, 3.63) is 84.1 Å². The molecule has 3 aromatic rings. The molecule has 2 N–H and O–H groups in total. The van der Waals surface area contributed by atoms with Crippen LogP contribution in [0.1, 0.15) is 5.56 Å². The largest absolute Gasteiger partial charge is 0.360 e. The van der Waals surface area contributed by atoms with Gasteiger partial charge in [-0.25, -0.2) is 0 Å². The molecule has 3 rings (SSSR count). The monoisotopic (exact) mass is 327 g/mol. The van der Waals surface area contributed by atoms with Crippen LogP contribution in [0.4, 0.5) is 11.4 Å². The predicted octanol–water partition coefficient (Wildman–Crippen LogP) is 4.61. The van der Waals surface area contributed by atoms with Crippen LogP contribution in [0.25, 0.3) is 10.8 Å². The normalized spacial score (nSPS) is 11.0. The molecule has 25 heavy (non-hydrogen) atoms. The van der Waals surface area contributed by atoms with E-state index in [1.54, 1.807) is 6.07 Å². The molecular formula is C21H17N3O. The topological polar surface area (TPSA) is 64.9 Å². The van der Waals surface area contributed by atoms with Gasteiger partial charge >= 0.3 is 0 Å². The Bertz CT molecular complexity index is 994. The molecule has 0 aliphatic heterocycles. The van der Waals surface area contributed by atoms with Gasteiger partial charge in [0.15, 0.2) is 0 Å². The number of nitrogens with zero attached hydrogens (tertiary/aromatic N) is 1. The van der Waals surface area contributed by atoms with Crippen molar-refractivity contribution in [2.24, 2.45) is 0 Å². The van der Waals surface area contributed by atoms with Gasteiger partial charge in [0.2, 0.25) is 0 Å². The van der Waals surface area contributed by atoms with E-state index in [0.717, 1.165) is 22.0 Å². The van der Waals surface area contributed by atoms with Crippen molar-refractivity contribution < 1.29 is 4.79 Å². The van der Waals surface area contributed by atoms with Crippen molar-refractivity contribution in [2.75, 3.05) is 10.6 Å². The number of carbonyl (C=O) groups is 1. The van der Waals surface area contributed by atoms with Gasteiger partial charge < -0.3 is 10.6 Å². The van der Waals surface area contributed by atoms with E-state index in [1.807, 2.05) is 73.7 Å². The number of anilines is 2. The summed E-state index contributed by atoms with van der Waals surface area (Å²) < 4.78 is 0. The minimum absolute atomic E-state index is 0.00874. The number of nitrogens with one attached hydrogen (secondary N) is 2. The summed E-state index contributed by atoms with van der Waals surface area (Å²) in [4.78, 5) is 12.3. The molecular weight excluding hydrogens is 310 g/mol. The fraction of sp³-hybridized carbons (Fsp3) is 0.0476. The Morgan fingerprint density at radius 3 is 2.60 bits per heavy atom. The fourth-order valence-corrected chi connectivity index (χ4v) is 2.57. The molecule has 0 atom stereocenters. The lowest BCUT2D eigenvalue weighted by molar-refractivity contribution is -0.112. The van der Waals surface area contributed by atoms with Crippen LogP contribution in [0.3, 0.4) is 0 Å². The molecule has 4 nitrogen and oxygen atoms in total. The van der Waals surface area contributed by atoms with E-state index in [-0.39, 0.29) is 5.57 Å². The first-order valence-electron chi connectivity index (χ1n) is 7.90. The molecule has 0 spiro atoms. The van der Waals surface area contributed by atoms with Crippen molar-refractivity contribution in [1.82, 2.24) is 0 Å². The highest BCUT2D eigenvalue weighted by atomic mass is 16.1. The van der Waals surface area contributed by atoms with Crippen LogP contribution < -0.4 is 10.6 Å². The first-order chi connectivity index (χ1) is 12.2. The third-order valence-electron chi connectivity index (χ3n) is 3.80. The molecule has 0 heterocycles. The Labute approximate surface area is 146 Å². The number of nitriles is 1. The van der Waals surface area contributed by atoms with E-state index in [0.29, 0.717) is 5.69 Å². The van der Waals surface area contributed by atoms with Crippen LogP contribution >= 0.6 is 0 Å². The first-order valence-corrected chi connectivity index (χ1v) is 7.90. The van der Waals surface area contributed by atoms with Gasteiger partial charge in [0.25, 0.3) is 5.91 Å². The van der Waals surface area contributed by atoms with Crippen molar-refractivity contribution in [2.45, 2.75) is 6.92 Å². The van der Waals surface area contributed by atoms with E-state index in [2.05, 4.69) is 10.6 Å². The Balaban J connectivity index is 1.80. The average molecular weight is 327 g/mol. The summed E-state index contributed by atoms with van der Waals surface area (Å²) in [7, 11) is 0. The number of amides is 1. The fourth-order valence-electron chi connectivity index (χ4n) is 2.57. The minimum Gasteiger partial charge on any atom is -0.360 e. The lowest BCUT2D eigenvalue weighted by Crippen LogP contribution is -2.14. The number of fused-ring (bicyclic) bond motifs is 1. The summed E-state index contributed by atoms with van der Waals surface area (Å²) in [5.74, 6) is -0.444. The van der Waals surface area contributed by atoms with Gasteiger partial charge in [-0.3, -0.25) is 4.79 Å². The highest BCUT2D eigenvalue weighted by Crippen LogP contribution is 2.23. The van der Waals surface area contributed by atoms with Gasteiger partial charge in [-0.15, -0.1) is 0 Å². The van der Waals surface area contributed by atoms with E-state index < -0.39 is 5.91 Å². The smallest absolute Gasteiger partial charge is 0.267 e. The molecule has 0 saturated heterocycles. The number of rotatable bonds is 4. The number of hydrogen-bond acceptors (Lipinski definition) is 3. The van der Waals surface area contributed by atoms with Gasteiger partial charge in [-0.05, 0) is 36.1 Å². The van der Waals surface area contributed by atoms with Gasteiger partial charge in [0, 0.05) is 23.0 Å². The highest BCUT2D eigenvalue weighted by molar-refractivity contribution is 6.07. The van der Waals surface area contributed by atoms with Crippen LogP contribution in [0.15, 0.2) is 78.5 Å². The molecule has 4 heteroatoms. The quantitative estimate of drug-likeness (QED) is 0.543. The van der Waals surface area contributed by atoms with Gasteiger partial charge in [0.05, 0.1) is 0 Å². The Kier molecular flexibility index (Phi) is 4.77. The zero-order valence-corrected chi connectivity index (χ0v) is 13.8. The minimum atomic E-state index is -0.444. The summed E-state index contributed by atoms with van der Waals surface area (Å²) >= 11 is 0. The number of benzene rings is 3. The van der Waals surface area contributed by atoms with E-state index in [1.165, 1.54) is 6.20 Å². The summed E-state index contributed by atoms with van der Waals surface area (Å²) in [6.45, 7) is 1.94. The van der Waals surface area contributed by atoms with Gasteiger partial charge in [-0.2, -0.15) is 5.26 Å². The SMILES string of the molecule is Cc1cccc(NC(=O)/C(C#N)=C\Nc2cccc3ccccc23)c1. The third-order valence-corrected chi connectivity index (χ3v) is 3.80. The number of hydrogen-bond donors (Lipinski definition) is 2. The predicted molar refractivity (Wildman–Crippen MR) is 101 cm³/mol. The zero-order chi connectivity index (χ0) is 17.6.